The molecule has 0 radical (unpaired) electrons. The second kappa shape index (κ2) is 4.99. The van der Waals surface area contributed by atoms with Crippen molar-refractivity contribution in [1.82, 2.24) is 9.71 Å². The number of hydrogen-bond donors (Lipinski definition) is 2. The Bertz CT molecular complexity index is 483. The first-order valence-corrected chi connectivity index (χ1v) is 6.80. The molecule has 0 bridgehead atoms. The van der Waals surface area contributed by atoms with Crippen molar-refractivity contribution < 1.29 is 18.3 Å². The minimum absolute atomic E-state index is 0.0241. The van der Waals surface area contributed by atoms with Crippen LogP contribution in [0.15, 0.2) is 23.4 Å². The molecule has 0 amide bonds. The molecule has 1 fully saturated rings. The van der Waals surface area contributed by atoms with E-state index in [0.717, 1.165) is 0 Å². The normalized spacial score (nSPS) is 18.1. The zero-order chi connectivity index (χ0) is 12.3. The van der Waals surface area contributed by atoms with Crippen molar-refractivity contribution in [3.05, 3.63) is 18.5 Å². The zero-order valence-corrected chi connectivity index (χ0v) is 9.98. The van der Waals surface area contributed by atoms with Crippen molar-refractivity contribution in [1.29, 1.82) is 0 Å². The summed E-state index contributed by atoms with van der Waals surface area (Å²) in [6.45, 7) is 1.12. The number of nitrogens with one attached hydrogen (secondary N) is 1. The van der Waals surface area contributed by atoms with Gasteiger partial charge in [0.15, 0.2) is 0 Å². The number of hydrogen-bond acceptors (Lipinski definition) is 5. The summed E-state index contributed by atoms with van der Waals surface area (Å²) in [4.78, 5) is 3.63. The number of nitrogens with zero attached hydrogens (tertiary/aromatic N) is 1. The Labute approximate surface area is 99.7 Å². The van der Waals surface area contributed by atoms with Crippen molar-refractivity contribution in [3.8, 4) is 5.75 Å². The summed E-state index contributed by atoms with van der Waals surface area (Å²) in [5.41, 5.74) is 0. The second-order valence-electron chi connectivity index (χ2n) is 3.89. The largest absolute Gasteiger partial charge is 0.506 e. The number of rotatable bonds is 3. The van der Waals surface area contributed by atoms with E-state index in [1.807, 2.05) is 0 Å². The van der Waals surface area contributed by atoms with E-state index in [4.69, 9.17) is 4.74 Å². The van der Waals surface area contributed by atoms with E-state index < -0.39 is 10.0 Å². The van der Waals surface area contributed by atoms with Gasteiger partial charge < -0.3 is 9.84 Å². The molecule has 7 heteroatoms. The minimum Gasteiger partial charge on any atom is -0.506 e. The maximum Gasteiger partial charge on any atom is 0.242 e. The number of ether oxygens (including phenoxy) is 1. The highest BCUT2D eigenvalue weighted by atomic mass is 32.2. The summed E-state index contributed by atoms with van der Waals surface area (Å²) in [7, 11) is -3.61. The Kier molecular flexibility index (Phi) is 3.60. The predicted octanol–water partition coefficient (Wildman–Crippen LogP) is 0.244. The van der Waals surface area contributed by atoms with Crippen LogP contribution >= 0.6 is 0 Å². The second-order valence-corrected chi connectivity index (χ2v) is 5.60. The molecule has 0 aliphatic carbocycles. The first-order valence-electron chi connectivity index (χ1n) is 5.32. The highest BCUT2D eigenvalue weighted by Gasteiger charge is 2.22. The zero-order valence-electron chi connectivity index (χ0n) is 9.17. The van der Waals surface area contributed by atoms with Gasteiger partial charge in [-0.1, -0.05) is 0 Å². The van der Waals surface area contributed by atoms with Gasteiger partial charge in [-0.05, 0) is 12.8 Å². The van der Waals surface area contributed by atoms with Crippen LogP contribution in [-0.2, 0) is 14.8 Å². The molecule has 1 aromatic heterocycles. The molecule has 1 saturated heterocycles. The SMILES string of the molecule is O=S(=O)(NC1CCOCC1)c1cncc(O)c1. The minimum atomic E-state index is -3.61. The summed E-state index contributed by atoms with van der Waals surface area (Å²) < 4.78 is 31.6. The van der Waals surface area contributed by atoms with E-state index in [1.54, 1.807) is 0 Å². The summed E-state index contributed by atoms with van der Waals surface area (Å²) in [5.74, 6) is -0.167. The van der Waals surface area contributed by atoms with Crippen molar-refractivity contribution in [2.24, 2.45) is 0 Å². The number of pyridine rings is 1. The van der Waals surface area contributed by atoms with Crippen LogP contribution in [0.3, 0.4) is 0 Å². The molecule has 94 valence electrons. The standard InChI is InChI=1S/C10H14N2O4S/c13-9-5-10(7-11-6-9)17(14,15)12-8-1-3-16-4-2-8/h5-8,12-13H,1-4H2. The molecule has 0 unspecified atom stereocenters. The summed E-state index contributed by atoms with van der Waals surface area (Å²) >= 11 is 0. The fraction of sp³-hybridized carbons (Fsp3) is 0.500. The average molecular weight is 258 g/mol. The van der Waals surface area contributed by atoms with Crippen LogP contribution in [0.4, 0.5) is 0 Å². The molecular formula is C10H14N2O4S. The third-order valence-electron chi connectivity index (χ3n) is 2.55. The lowest BCUT2D eigenvalue weighted by Gasteiger charge is -2.22. The molecule has 1 aromatic rings. The number of sulfonamides is 1. The Morgan fingerprint density at radius 3 is 2.71 bits per heavy atom. The summed E-state index contributed by atoms with van der Waals surface area (Å²) in [6.07, 6.45) is 3.71. The Morgan fingerprint density at radius 1 is 1.35 bits per heavy atom. The summed E-state index contributed by atoms with van der Waals surface area (Å²) in [5, 5.41) is 9.21. The summed E-state index contributed by atoms with van der Waals surface area (Å²) in [6, 6.07) is 1.06. The van der Waals surface area contributed by atoms with E-state index in [1.165, 1.54) is 18.5 Å². The van der Waals surface area contributed by atoms with Gasteiger partial charge in [0, 0.05) is 31.5 Å². The lowest BCUT2D eigenvalue weighted by atomic mass is 10.1. The van der Waals surface area contributed by atoms with Crippen LogP contribution in [0.25, 0.3) is 0 Å². The van der Waals surface area contributed by atoms with Gasteiger partial charge in [0.25, 0.3) is 0 Å². The first-order chi connectivity index (χ1) is 8.08. The smallest absolute Gasteiger partial charge is 0.242 e. The predicted molar refractivity (Wildman–Crippen MR) is 60.1 cm³/mol. The van der Waals surface area contributed by atoms with Gasteiger partial charge in [0.2, 0.25) is 10.0 Å². The molecule has 2 N–H and O–H groups in total. The van der Waals surface area contributed by atoms with Crippen LogP contribution in [0.5, 0.6) is 5.75 Å². The first kappa shape index (κ1) is 12.3. The van der Waals surface area contributed by atoms with Crippen molar-refractivity contribution in [2.45, 2.75) is 23.8 Å². The van der Waals surface area contributed by atoms with Gasteiger partial charge >= 0.3 is 0 Å². The Balaban J connectivity index is 2.13. The molecule has 0 saturated carbocycles. The van der Waals surface area contributed by atoms with Crippen LogP contribution in [0.2, 0.25) is 0 Å². The van der Waals surface area contributed by atoms with Crippen molar-refractivity contribution in [3.63, 3.8) is 0 Å². The molecule has 0 aromatic carbocycles. The van der Waals surface area contributed by atoms with Crippen LogP contribution in [-0.4, -0.2) is 37.8 Å². The molecule has 6 nitrogen and oxygen atoms in total. The Hall–Kier alpha value is -1.18. The van der Waals surface area contributed by atoms with Crippen LogP contribution in [0.1, 0.15) is 12.8 Å². The van der Waals surface area contributed by atoms with E-state index in [9.17, 15) is 13.5 Å². The van der Waals surface area contributed by atoms with Gasteiger partial charge in [-0.25, -0.2) is 13.1 Å². The third kappa shape index (κ3) is 3.15. The molecule has 0 atom stereocenters. The van der Waals surface area contributed by atoms with Crippen LogP contribution in [0, 0.1) is 0 Å². The molecule has 1 aliphatic heterocycles. The van der Waals surface area contributed by atoms with E-state index in [0.29, 0.717) is 26.1 Å². The fourth-order valence-electron chi connectivity index (χ4n) is 1.66. The van der Waals surface area contributed by atoms with Gasteiger partial charge in [0.05, 0.1) is 6.20 Å². The van der Waals surface area contributed by atoms with Crippen molar-refractivity contribution in [2.75, 3.05) is 13.2 Å². The lowest BCUT2D eigenvalue weighted by Crippen LogP contribution is -2.38. The van der Waals surface area contributed by atoms with Crippen molar-refractivity contribution >= 4 is 10.0 Å². The molecule has 0 spiro atoms. The molecule has 17 heavy (non-hydrogen) atoms. The fourth-order valence-corrected chi connectivity index (χ4v) is 2.94. The van der Waals surface area contributed by atoms with E-state index >= 15 is 0 Å². The van der Waals surface area contributed by atoms with Gasteiger partial charge in [0.1, 0.15) is 10.6 Å². The molecule has 2 rings (SSSR count). The maximum absolute atomic E-state index is 11.9. The quantitative estimate of drug-likeness (QED) is 0.811. The molecular weight excluding hydrogens is 244 g/mol. The average Bonchev–Trinajstić information content (AvgIpc) is 2.30. The topological polar surface area (TPSA) is 88.5 Å². The maximum atomic E-state index is 11.9. The van der Waals surface area contributed by atoms with E-state index in [-0.39, 0.29) is 16.7 Å². The highest BCUT2D eigenvalue weighted by molar-refractivity contribution is 7.89. The third-order valence-corrected chi connectivity index (χ3v) is 4.04. The highest BCUT2D eigenvalue weighted by Crippen LogP contribution is 2.16. The van der Waals surface area contributed by atoms with Gasteiger partial charge in [-0.15, -0.1) is 0 Å². The monoisotopic (exact) mass is 258 g/mol. The molecule has 2 heterocycles. The Morgan fingerprint density at radius 2 is 2.06 bits per heavy atom. The lowest BCUT2D eigenvalue weighted by molar-refractivity contribution is 0.0832. The van der Waals surface area contributed by atoms with Gasteiger partial charge in [-0.3, -0.25) is 4.98 Å². The van der Waals surface area contributed by atoms with E-state index in [2.05, 4.69) is 9.71 Å². The number of aromatic nitrogens is 1. The molecule has 1 aliphatic rings. The van der Waals surface area contributed by atoms with Crippen LogP contribution < -0.4 is 4.72 Å². The number of aromatic hydroxyl groups is 1. The van der Waals surface area contributed by atoms with Gasteiger partial charge in [-0.2, -0.15) is 0 Å².